The van der Waals surface area contributed by atoms with Crippen LogP contribution in [-0.2, 0) is 6.54 Å². The van der Waals surface area contributed by atoms with E-state index in [2.05, 4.69) is 36.1 Å². The summed E-state index contributed by atoms with van der Waals surface area (Å²) >= 11 is 0. The highest BCUT2D eigenvalue weighted by Crippen LogP contribution is 2.35. The topological polar surface area (TPSA) is 47.3 Å². The normalized spacial score (nSPS) is 16.2. The van der Waals surface area contributed by atoms with Gasteiger partial charge in [0.05, 0.1) is 6.07 Å². The molecule has 0 bridgehead atoms. The Morgan fingerprint density at radius 1 is 1.04 bits per heavy atom. The van der Waals surface area contributed by atoms with Gasteiger partial charge in [-0.15, -0.1) is 0 Å². The van der Waals surface area contributed by atoms with Crippen LogP contribution in [0.15, 0.2) is 48.5 Å². The van der Waals surface area contributed by atoms with E-state index < -0.39 is 0 Å². The van der Waals surface area contributed by atoms with Crippen LogP contribution in [0.2, 0.25) is 0 Å². The first-order chi connectivity index (χ1) is 12.6. The number of likely N-dealkylation sites (tertiary alicyclic amines) is 1. The minimum atomic E-state index is 0.157. The molecule has 0 radical (unpaired) electrons. The van der Waals surface area contributed by atoms with Gasteiger partial charge in [0.1, 0.15) is 5.75 Å². The van der Waals surface area contributed by atoms with Crippen LogP contribution < -0.4 is 0 Å². The Bertz CT molecular complexity index is 726. The van der Waals surface area contributed by atoms with Crippen molar-refractivity contribution in [1.82, 2.24) is 4.90 Å². The van der Waals surface area contributed by atoms with Crippen molar-refractivity contribution in [3.8, 4) is 22.9 Å². The van der Waals surface area contributed by atoms with E-state index in [4.69, 9.17) is 5.26 Å². The van der Waals surface area contributed by atoms with Crippen molar-refractivity contribution in [3.05, 3.63) is 54.1 Å². The highest BCUT2D eigenvalue weighted by atomic mass is 16.3. The zero-order chi connectivity index (χ0) is 19.0. The number of aromatic hydroxyl groups is 1. The second-order valence-corrected chi connectivity index (χ2v) is 7.13. The lowest BCUT2D eigenvalue weighted by Gasteiger charge is -2.38. The predicted molar refractivity (Wildman–Crippen MR) is 108 cm³/mol. The van der Waals surface area contributed by atoms with E-state index in [1.165, 1.54) is 0 Å². The Labute approximate surface area is 157 Å². The van der Waals surface area contributed by atoms with Crippen LogP contribution in [0.5, 0.6) is 5.75 Å². The van der Waals surface area contributed by atoms with Crippen LogP contribution in [0.3, 0.4) is 0 Å². The summed E-state index contributed by atoms with van der Waals surface area (Å²) < 4.78 is 0. The fourth-order valence-electron chi connectivity index (χ4n) is 3.37. The first-order valence-electron chi connectivity index (χ1n) is 9.56. The quantitative estimate of drug-likeness (QED) is 0.780. The van der Waals surface area contributed by atoms with E-state index in [0.29, 0.717) is 12.2 Å². The number of phenols is 1. The van der Waals surface area contributed by atoms with Gasteiger partial charge in [-0.3, -0.25) is 4.90 Å². The molecule has 2 aromatic carbocycles. The van der Waals surface area contributed by atoms with Gasteiger partial charge in [-0.1, -0.05) is 63.2 Å². The van der Waals surface area contributed by atoms with Crippen molar-refractivity contribution in [2.75, 3.05) is 13.1 Å². The van der Waals surface area contributed by atoms with Crippen molar-refractivity contribution in [3.63, 3.8) is 0 Å². The van der Waals surface area contributed by atoms with Crippen LogP contribution in [-0.4, -0.2) is 23.1 Å². The number of hydrogen-bond acceptors (Lipinski definition) is 3. The molecule has 0 aromatic heterocycles. The summed E-state index contributed by atoms with van der Waals surface area (Å²) in [5, 5.41) is 19.3. The largest absolute Gasteiger partial charge is 0.508 e. The first kappa shape index (κ1) is 20.0. The van der Waals surface area contributed by atoms with Crippen LogP contribution in [0, 0.1) is 16.7 Å². The van der Waals surface area contributed by atoms with Gasteiger partial charge in [-0.05, 0) is 48.5 Å². The Balaban J connectivity index is 0.00000117. The Hall–Kier alpha value is -2.31. The number of hydrogen-bond donors (Lipinski definition) is 1. The van der Waals surface area contributed by atoms with Crippen LogP contribution >= 0.6 is 0 Å². The SMILES string of the molecule is CC.CC1(CC#N)CCN(Cc2ccc(-c3ccccc3)cc2O)CC1. The molecule has 3 nitrogen and oxygen atoms in total. The van der Waals surface area contributed by atoms with Crippen molar-refractivity contribution >= 4 is 0 Å². The van der Waals surface area contributed by atoms with Gasteiger partial charge < -0.3 is 5.11 Å². The van der Waals surface area contributed by atoms with Crippen LogP contribution in [0.1, 0.15) is 45.6 Å². The summed E-state index contributed by atoms with van der Waals surface area (Å²) in [6.07, 6.45) is 2.73. The fraction of sp³-hybridized carbons (Fsp3) is 0.435. The third-order valence-electron chi connectivity index (χ3n) is 5.16. The second kappa shape index (κ2) is 9.40. The molecule has 1 fully saturated rings. The number of benzene rings is 2. The van der Waals surface area contributed by atoms with Crippen molar-refractivity contribution < 1.29 is 5.11 Å². The van der Waals surface area contributed by atoms with E-state index >= 15 is 0 Å². The molecule has 0 unspecified atom stereocenters. The first-order valence-corrected chi connectivity index (χ1v) is 9.56. The number of phenolic OH excluding ortho intramolecular Hbond substituents is 1. The molecule has 2 aromatic rings. The summed E-state index contributed by atoms with van der Waals surface area (Å²) in [6.45, 7) is 8.94. The Kier molecular flexibility index (Phi) is 7.24. The minimum absolute atomic E-state index is 0.157. The molecule has 3 heteroatoms. The molecule has 1 saturated heterocycles. The summed E-state index contributed by atoms with van der Waals surface area (Å²) in [5.41, 5.74) is 3.28. The van der Waals surface area contributed by atoms with E-state index in [1.807, 2.05) is 44.2 Å². The van der Waals surface area contributed by atoms with Gasteiger partial charge in [-0.2, -0.15) is 5.26 Å². The standard InChI is InChI=1S/C21H24N2O.C2H6/c1-21(9-12-22)10-13-23(14-11-21)16-19-8-7-18(15-20(19)24)17-5-3-2-4-6-17;1-2/h2-8,15,24H,9-11,13-14,16H2,1H3;1-2H3. The highest BCUT2D eigenvalue weighted by molar-refractivity contribution is 5.65. The van der Waals surface area contributed by atoms with Crippen LogP contribution in [0.4, 0.5) is 0 Å². The summed E-state index contributed by atoms with van der Waals surface area (Å²) in [7, 11) is 0. The van der Waals surface area contributed by atoms with Gasteiger partial charge in [0.2, 0.25) is 0 Å². The zero-order valence-corrected chi connectivity index (χ0v) is 16.2. The van der Waals surface area contributed by atoms with Gasteiger partial charge in [-0.25, -0.2) is 0 Å². The maximum atomic E-state index is 10.4. The van der Waals surface area contributed by atoms with E-state index in [1.54, 1.807) is 0 Å². The second-order valence-electron chi connectivity index (χ2n) is 7.13. The van der Waals surface area contributed by atoms with Gasteiger partial charge in [0, 0.05) is 18.5 Å². The lowest BCUT2D eigenvalue weighted by atomic mass is 9.78. The average molecular weight is 351 g/mol. The van der Waals surface area contributed by atoms with Crippen molar-refractivity contribution in [2.45, 2.75) is 46.6 Å². The minimum Gasteiger partial charge on any atom is -0.508 e. The fourth-order valence-corrected chi connectivity index (χ4v) is 3.37. The maximum absolute atomic E-state index is 10.4. The highest BCUT2D eigenvalue weighted by Gasteiger charge is 2.29. The monoisotopic (exact) mass is 350 g/mol. The molecular weight excluding hydrogens is 320 g/mol. The lowest BCUT2D eigenvalue weighted by molar-refractivity contribution is 0.115. The maximum Gasteiger partial charge on any atom is 0.120 e. The summed E-state index contributed by atoms with van der Waals surface area (Å²) in [4.78, 5) is 2.37. The Morgan fingerprint density at radius 3 is 2.27 bits per heavy atom. The molecule has 1 N–H and O–H groups in total. The molecule has 0 atom stereocenters. The number of rotatable bonds is 4. The van der Waals surface area contributed by atoms with Gasteiger partial charge in [0.25, 0.3) is 0 Å². The summed E-state index contributed by atoms with van der Waals surface area (Å²) in [6, 6.07) is 18.4. The van der Waals surface area contributed by atoms with Gasteiger partial charge in [0.15, 0.2) is 0 Å². The molecule has 0 spiro atoms. The van der Waals surface area contributed by atoms with E-state index in [9.17, 15) is 5.11 Å². The molecule has 1 aliphatic rings. The third-order valence-corrected chi connectivity index (χ3v) is 5.16. The average Bonchev–Trinajstić information content (AvgIpc) is 2.68. The Morgan fingerprint density at radius 2 is 1.69 bits per heavy atom. The molecule has 1 heterocycles. The number of nitriles is 1. The molecule has 1 aliphatic heterocycles. The zero-order valence-electron chi connectivity index (χ0n) is 16.2. The molecular formula is C23H30N2O. The van der Waals surface area contributed by atoms with E-state index in [0.717, 1.165) is 49.2 Å². The third kappa shape index (κ3) is 5.09. The predicted octanol–water partition coefficient (Wildman–Crippen LogP) is 5.60. The molecule has 3 rings (SSSR count). The smallest absolute Gasteiger partial charge is 0.120 e. The lowest BCUT2D eigenvalue weighted by Crippen LogP contribution is -2.38. The number of nitrogens with zero attached hydrogens (tertiary/aromatic N) is 2. The van der Waals surface area contributed by atoms with Crippen molar-refractivity contribution in [2.24, 2.45) is 5.41 Å². The molecule has 0 saturated carbocycles. The van der Waals surface area contributed by atoms with Crippen molar-refractivity contribution in [1.29, 1.82) is 5.26 Å². The van der Waals surface area contributed by atoms with E-state index in [-0.39, 0.29) is 5.41 Å². The summed E-state index contributed by atoms with van der Waals surface area (Å²) in [5.74, 6) is 0.363. The molecule has 26 heavy (non-hydrogen) atoms. The van der Waals surface area contributed by atoms with Crippen LogP contribution in [0.25, 0.3) is 11.1 Å². The molecule has 138 valence electrons. The number of piperidine rings is 1. The molecule has 0 amide bonds. The molecule has 0 aliphatic carbocycles. The van der Waals surface area contributed by atoms with Gasteiger partial charge >= 0.3 is 0 Å².